The van der Waals surface area contributed by atoms with Crippen molar-refractivity contribution in [2.75, 3.05) is 17.6 Å². The number of rotatable bonds is 6. The molecule has 5 heteroatoms. The van der Waals surface area contributed by atoms with Crippen molar-refractivity contribution in [3.8, 4) is 0 Å². The van der Waals surface area contributed by atoms with Gasteiger partial charge in [0.05, 0.1) is 0 Å². The SMILES string of the molecule is c1ccc(NCCCSc2ncns2)cc1. The molecular weight excluding hydrogens is 238 g/mol. The number of nitrogens with one attached hydrogen (secondary N) is 1. The van der Waals surface area contributed by atoms with Crippen LogP contribution in [0.2, 0.25) is 0 Å². The van der Waals surface area contributed by atoms with Gasteiger partial charge in [0.25, 0.3) is 0 Å². The normalized spacial score (nSPS) is 10.2. The molecule has 0 atom stereocenters. The minimum absolute atomic E-state index is 0.996. The van der Waals surface area contributed by atoms with Crippen LogP contribution in [0.4, 0.5) is 5.69 Å². The van der Waals surface area contributed by atoms with Gasteiger partial charge in [0.15, 0.2) is 4.34 Å². The van der Waals surface area contributed by atoms with Crippen LogP contribution >= 0.6 is 23.3 Å². The number of hydrogen-bond donors (Lipinski definition) is 1. The molecule has 1 aromatic heterocycles. The van der Waals surface area contributed by atoms with E-state index < -0.39 is 0 Å². The van der Waals surface area contributed by atoms with Gasteiger partial charge in [-0.3, -0.25) is 0 Å². The summed E-state index contributed by atoms with van der Waals surface area (Å²) in [4.78, 5) is 4.12. The molecule has 0 spiro atoms. The Morgan fingerprint density at radius 3 is 2.88 bits per heavy atom. The van der Waals surface area contributed by atoms with Crippen molar-refractivity contribution >= 4 is 29.0 Å². The van der Waals surface area contributed by atoms with Crippen LogP contribution in [0.5, 0.6) is 0 Å². The number of aromatic nitrogens is 2. The second-order valence-electron chi connectivity index (χ2n) is 3.20. The third kappa shape index (κ3) is 3.83. The molecule has 1 N–H and O–H groups in total. The maximum Gasteiger partial charge on any atom is 0.169 e. The zero-order chi connectivity index (χ0) is 11.1. The number of thioether (sulfide) groups is 1. The molecule has 0 saturated carbocycles. The molecule has 0 saturated heterocycles. The van der Waals surface area contributed by atoms with E-state index in [1.165, 1.54) is 17.2 Å². The summed E-state index contributed by atoms with van der Waals surface area (Å²) < 4.78 is 5.02. The van der Waals surface area contributed by atoms with Gasteiger partial charge in [-0.2, -0.15) is 4.37 Å². The van der Waals surface area contributed by atoms with Crippen LogP contribution in [-0.4, -0.2) is 21.7 Å². The Balaban J connectivity index is 1.59. The van der Waals surface area contributed by atoms with E-state index in [-0.39, 0.29) is 0 Å². The number of hydrogen-bond acceptors (Lipinski definition) is 5. The number of benzene rings is 1. The molecule has 1 heterocycles. The van der Waals surface area contributed by atoms with Gasteiger partial charge in [0.1, 0.15) is 6.33 Å². The topological polar surface area (TPSA) is 37.8 Å². The lowest BCUT2D eigenvalue weighted by Gasteiger charge is -2.04. The van der Waals surface area contributed by atoms with Gasteiger partial charge in [0.2, 0.25) is 0 Å². The Kier molecular flexibility index (Phi) is 4.64. The third-order valence-corrected chi connectivity index (χ3v) is 3.87. The van der Waals surface area contributed by atoms with Crippen LogP contribution in [0.1, 0.15) is 6.42 Å². The fraction of sp³-hybridized carbons (Fsp3) is 0.273. The van der Waals surface area contributed by atoms with Gasteiger partial charge >= 0.3 is 0 Å². The molecule has 0 radical (unpaired) electrons. The highest BCUT2D eigenvalue weighted by Gasteiger charge is 1.96. The number of nitrogens with zero attached hydrogens (tertiary/aromatic N) is 2. The first-order chi connectivity index (χ1) is 7.95. The van der Waals surface area contributed by atoms with Crippen molar-refractivity contribution < 1.29 is 0 Å². The second kappa shape index (κ2) is 6.50. The molecule has 3 nitrogen and oxygen atoms in total. The average Bonchev–Trinajstić information content (AvgIpc) is 2.83. The van der Waals surface area contributed by atoms with Crippen molar-refractivity contribution in [3.05, 3.63) is 36.7 Å². The second-order valence-corrected chi connectivity index (χ2v) is 5.32. The number of para-hydroxylation sites is 1. The lowest BCUT2D eigenvalue weighted by atomic mass is 10.3. The molecule has 16 heavy (non-hydrogen) atoms. The van der Waals surface area contributed by atoms with Gasteiger partial charge in [-0.05, 0) is 30.1 Å². The minimum Gasteiger partial charge on any atom is -0.385 e. The first-order valence-corrected chi connectivity index (χ1v) is 6.89. The van der Waals surface area contributed by atoms with Gasteiger partial charge in [0, 0.05) is 18.0 Å². The zero-order valence-electron chi connectivity index (χ0n) is 8.80. The van der Waals surface area contributed by atoms with Crippen LogP contribution in [0.15, 0.2) is 41.0 Å². The highest BCUT2D eigenvalue weighted by atomic mass is 32.2. The monoisotopic (exact) mass is 251 g/mol. The van der Waals surface area contributed by atoms with Gasteiger partial charge in [-0.25, -0.2) is 4.98 Å². The molecule has 0 aliphatic heterocycles. The van der Waals surface area contributed by atoms with Crippen LogP contribution in [-0.2, 0) is 0 Å². The molecule has 0 unspecified atom stereocenters. The summed E-state index contributed by atoms with van der Waals surface area (Å²) in [5, 5.41) is 3.38. The molecule has 2 aromatic rings. The Hall–Kier alpha value is -1.07. The fourth-order valence-corrected chi connectivity index (χ4v) is 2.70. The third-order valence-electron chi connectivity index (χ3n) is 1.99. The van der Waals surface area contributed by atoms with E-state index in [0.29, 0.717) is 0 Å². The van der Waals surface area contributed by atoms with Crippen LogP contribution < -0.4 is 5.32 Å². The zero-order valence-corrected chi connectivity index (χ0v) is 10.4. The van der Waals surface area contributed by atoms with Crippen molar-refractivity contribution in [2.45, 2.75) is 10.8 Å². The average molecular weight is 251 g/mol. The summed E-state index contributed by atoms with van der Waals surface area (Å²) in [5.74, 6) is 1.08. The van der Waals surface area contributed by atoms with Crippen molar-refractivity contribution in [3.63, 3.8) is 0 Å². The van der Waals surface area contributed by atoms with E-state index >= 15 is 0 Å². The summed E-state index contributed by atoms with van der Waals surface area (Å²) in [6, 6.07) is 10.3. The van der Waals surface area contributed by atoms with E-state index in [4.69, 9.17) is 0 Å². The molecule has 84 valence electrons. The van der Waals surface area contributed by atoms with E-state index in [0.717, 1.165) is 23.1 Å². The highest BCUT2D eigenvalue weighted by molar-refractivity contribution is 8.00. The molecule has 0 fully saturated rings. The first kappa shape index (κ1) is 11.4. The summed E-state index contributed by atoms with van der Waals surface area (Å²) in [6.07, 6.45) is 2.73. The van der Waals surface area contributed by atoms with Gasteiger partial charge < -0.3 is 5.32 Å². The predicted octanol–water partition coefficient (Wildman–Crippen LogP) is 3.13. The van der Waals surface area contributed by atoms with E-state index in [9.17, 15) is 0 Å². The number of anilines is 1. The molecule has 0 amide bonds. The Morgan fingerprint density at radius 2 is 2.12 bits per heavy atom. The van der Waals surface area contributed by atoms with E-state index in [1.807, 2.05) is 18.2 Å². The minimum atomic E-state index is 0.996. The largest absolute Gasteiger partial charge is 0.385 e. The molecule has 0 aliphatic carbocycles. The quantitative estimate of drug-likeness (QED) is 0.632. The summed E-state index contributed by atoms with van der Waals surface area (Å²) in [6.45, 7) is 0.996. The van der Waals surface area contributed by atoms with Crippen LogP contribution in [0.25, 0.3) is 0 Å². The van der Waals surface area contributed by atoms with Gasteiger partial charge in [-0.15, -0.1) is 0 Å². The van der Waals surface area contributed by atoms with Crippen LogP contribution in [0, 0.1) is 0 Å². The standard InChI is InChI=1S/C11H13N3S2/c1-2-5-10(6-3-1)12-7-4-8-15-11-13-9-14-16-11/h1-3,5-6,9,12H,4,7-8H2. The predicted molar refractivity (Wildman–Crippen MR) is 70.2 cm³/mol. The van der Waals surface area contributed by atoms with Crippen molar-refractivity contribution in [1.82, 2.24) is 9.36 Å². The lowest BCUT2D eigenvalue weighted by molar-refractivity contribution is 0.990. The first-order valence-electron chi connectivity index (χ1n) is 5.13. The van der Waals surface area contributed by atoms with Crippen LogP contribution in [0.3, 0.4) is 0 Å². The smallest absolute Gasteiger partial charge is 0.169 e. The molecule has 2 rings (SSSR count). The Morgan fingerprint density at radius 1 is 1.25 bits per heavy atom. The fourth-order valence-electron chi connectivity index (χ4n) is 1.25. The molecular formula is C11H13N3S2. The molecule has 1 aromatic carbocycles. The van der Waals surface area contributed by atoms with Crippen molar-refractivity contribution in [1.29, 1.82) is 0 Å². The van der Waals surface area contributed by atoms with E-state index in [2.05, 4.69) is 26.8 Å². The van der Waals surface area contributed by atoms with Gasteiger partial charge in [-0.1, -0.05) is 30.0 Å². The molecule has 0 aliphatic rings. The maximum absolute atomic E-state index is 4.12. The maximum atomic E-state index is 4.12. The lowest BCUT2D eigenvalue weighted by Crippen LogP contribution is -2.01. The highest BCUT2D eigenvalue weighted by Crippen LogP contribution is 2.18. The van der Waals surface area contributed by atoms with E-state index in [1.54, 1.807) is 18.1 Å². The molecule has 0 bridgehead atoms. The Bertz CT molecular complexity index is 389. The Labute approximate surface area is 103 Å². The summed E-state index contributed by atoms with van der Waals surface area (Å²) >= 11 is 3.23. The summed E-state index contributed by atoms with van der Waals surface area (Å²) in [5.41, 5.74) is 1.18. The summed E-state index contributed by atoms with van der Waals surface area (Å²) in [7, 11) is 0. The van der Waals surface area contributed by atoms with Crippen molar-refractivity contribution in [2.24, 2.45) is 0 Å².